The summed E-state index contributed by atoms with van der Waals surface area (Å²) in [6.45, 7) is 5.60. The number of carboxylic acids is 1. The lowest BCUT2D eigenvalue weighted by Crippen LogP contribution is -2.41. The van der Waals surface area contributed by atoms with Crippen LogP contribution in [-0.4, -0.2) is 47.2 Å². The van der Waals surface area contributed by atoms with Crippen molar-refractivity contribution in [3.05, 3.63) is 57.3 Å². The number of hydrogen-bond donors (Lipinski definition) is 2. The number of aryl methyl sites for hydroxylation is 1. The summed E-state index contributed by atoms with van der Waals surface area (Å²) in [5.74, 6) is -2.11. The summed E-state index contributed by atoms with van der Waals surface area (Å²) < 4.78 is 31.7. The van der Waals surface area contributed by atoms with Crippen LogP contribution in [0.2, 0.25) is 0 Å². The van der Waals surface area contributed by atoms with E-state index >= 15 is 0 Å². The smallest absolute Gasteiger partial charge is 0.475 e. The van der Waals surface area contributed by atoms with Crippen molar-refractivity contribution in [2.75, 3.05) is 13.1 Å². The molecule has 0 bridgehead atoms. The molecule has 1 spiro atoms. The van der Waals surface area contributed by atoms with Crippen LogP contribution in [0.1, 0.15) is 71.7 Å². The Hall–Kier alpha value is -2.39. The molecular weight excluding hydrogens is 489 g/mol. The molecule has 2 aromatic rings. The summed E-state index contributed by atoms with van der Waals surface area (Å²) in [4.78, 5) is 27.0. The van der Waals surface area contributed by atoms with Crippen LogP contribution in [0.15, 0.2) is 36.4 Å². The first-order valence-electron chi connectivity index (χ1n) is 12.5. The maximum atomic E-state index is 12.6. The number of carbonyl (C=O) groups excluding carboxylic acids is 1. The molecule has 2 N–H and O–H groups in total. The number of fused-ring (bicyclic) bond motifs is 2. The fraction of sp³-hybridized carbons (Fsp3) is 0.556. The first-order valence-corrected chi connectivity index (χ1v) is 13.3. The second kappa shape index (κ2) is 10.9. The van der Waals surface area contributed by atoms with E-state index in [-0.39, 0.29) is 11.3 Å². The molecular formula is C27H33F3N2O3S. The normalized spacial score (nSPS) is 21.3. The van der Waals surface area contributed by atoms with E-state index in [9.17, 15) is 18.0 Å². The van der Waals surface area contributed by atoms with E-state index in [2.05, 4.69) is 53.5 Å². The zero-order valence-corrected chi connectivity index (χ0v) is 21.3. The minimum Gasteiger partial charge on any atom is -0.475 e. The average Bonchev–Trinajstić information content (AvgIpc) is 3.34. The lowest BCUT2D eigenvalue weighted by atomic mass is 9.73. The van der Waals surface area contributed by atoms with Crippen molar-refractivity contribution in [2.24, 2.45) is 0 Å². The maximum absolute atomic E-state index is 12.6. The zero-order chi connectivity index (χ0) is 25.9. The third-order valence-corrected chi connectivity index (χ3v) is 8.73. The van der Waals surface area contributed by atoms with Crippen molar-refractivity contribution in [3.8, 4) is 0 Å². The van der Waals surface area contributed by atoms with E-state index in [1.54, 1.807) is 0 Å². The number of amides is 1. The maximum Gasteiger partial charge on any atom is 0.490 e. The molecule has 1 aromatic carbocycles. The van der Waals surface area contributed by atoms with Crippen LogP contribution in [0, 0.1) is 6.92 Å². The Kier molecular flexibility index (Phi) is 8.09. The lowest BCUT2D eigenvalue weighted by Gasteiger charge is -2.40. The lowest BCUT2D eigenvalue weighted by molar-refractivity contribution is -0.192. The number of benzene rings is 1. The van der Waals surface area contributed by atoms with E-state index in [0.717, 1.165) is 38.9 Å². The summed E-state index contributed by atoms with van der Waals surface area (Å²) in [5.41, 5.74) is 3.26. The van der Waals surface area contributed by atoms with Crippen LogP contribution in [0.5, 0.6) is 0 Å². The summed E-state index contributed by atoms with van der Waals surface area (Å²) in [6.07, 6.45) is 2.75. The molecule has 0 radical (unpaired) electrons. The molecule has 36 heavy (non-hydrogen) atoms. The Morgan fingerprint density at radius 2 is 1.81 bits per heavy atom. The van der Waals surface area contributed by atoms with E-state index in [1.807, 2.05) is 11.3 Å². The van der Waals surface area contributed by atoms with Crippen LogP contribution >= 0.6 is 11.3 Å². The molecule has 9 heteroatoms. The molecule has 5 nitrogen and oxygen atoms in total. The number of carboxylic acid groups (broad SMARTS) is 1. The van der Waals surface area contributed by atoms with Crippen LogP contribution in [-0.2, 0) is 21.5 Å². The highest BCUT2D eigenvalue weighted by atomic mass is 32.1. The van der Waals surface area contributed by atoms with Gasteiger partial charge in [-0.15, -0.1) is 11.3 Å². The third-order valence-electron chi connectivity index (χ3n) is 7.74. The van der Waals surface area contributed by atoms with Crippen molar-refractivity contribution < 1.29 is 27.9 Å². The van der Waals surface area contributed by atoms with Crippen molar-refractivity contribution in [2.45, 2.75) is 82.0 Å². The number of nitrogens with one attached hydrogen (secondary N) is 1. The van der Waals surface area contributed by atoms with E-state index < -0.39 is 12.1 Å². The highest BCUT2D eigenvalue weighted by Crippen LogP contribution is 2.52. The van der Waals surface area contributed by atoms with Crippen LogP contribution < -0.4 is 5.32 Å². The highest BCUT2D eigenvalue weighted by Gasteiger charge is 2.45. The van der Waals surface area contributed by atoms with Gasteiger partial charge in [0.25, 0.3) is 0 Å². The quantitative estimate of drug-likeness (QED) is 0.523. The van der Waals surface area contributed by atoms with Gasteiger partial charge in [0, 0.05) is 28.8 Å². The fourth-order valence-corrected chi connectivity index (χ4v) is 6.61. The number of nitrogens with zero attached hydrogens (tertiary/aromatic N) is 1. The summed E-state index contributed by atoms with van der Waals surface area (Å²) >= 11 is 1.93. The molecule has 196 valence electrons. The largest absolute Gasteiger partial charge is 0.490 e. The number of aliphatic carboxylic acids is 1. The van der Waals surface area contributed by atoms with Crippen LogP contribution in [0.4, 0.5) is 13.2 Å². The number of rotatable bonds is 5. The van der Waals surface area contributed by atoms with Crippen molar-refractivity contribution in [1.82, 2.24) is 10.2 Å². The van der Waals surface area contributed by atoms with Crippen molar-refractivity contribution >= 4 is 23.2 Å². The second-order valence-electron chi connectivity index (χ2n) is 10.3. The van der Waals surface area contributed by atoms with Gasteiger partial charge in [0.05, 0.1) is 0 Å². The number of carbonyl (C=O) groups is 2. The minimum atomic E-state index is -5.08. The monoisotopic (exact) mass is 522 g/mol. The standard InChI is InChI=1S/C25H32N2OS.C2HF3O2/c1-18-9-10-21(29-18)17-27-13-11-25(12-14-27)16-19(22-7-2-3-8-23(22)25)15-24(28)26-20-5-4-6-20;3-2(4,5)1(6)7/h2-3,7-10,19-20H,4-6,11-17H2,1H3,(H,26,28);(H,6,7). The predicted octanol–water partition coefficient (Wildman–Crippen LogP) is 5.77. The molecule has 1 unspecified atom stereocenters. The Labute approximate surface area is 213 Å². The van der Waals surface area contributed by atoms with Gasteiger partial charge in [-0.3, -0.25) is 9.69 Å². The van der Waals surface area contributed by atoms with Gasteiger partial charge in [-0.25, -0.2) is 4.79 Å². The third kappa shape index (κ3) is 6.29. The van der Waals surface area contributed by atoms with E-state index in [1.165, 1.54) is 40.1 Å². The van der Waals surface area contributed by atoms with E-state index in [4.69, 9.17) is 9.90 Å². The number of hydrogen-bond acceptors (Lipinski definition) is 4. The Balaban J connectivity index is 0.000000384. The fourth-order valence-electron chi connectivity index (χ4n) is 5.68. The molecule has 1 atom stereocenters. The van der Waals surface area contributed by atoms with Gasteiger partial charge in [-0.1, -0.05) is 24.3 Å². The number of likely N-dealkylation sites (tertiary alicyclic amines) is 1. The molecule has 1 aromatic heterocycles. The van der Waals surface area contributed by atoms with Gasteiger partial charge in [-0.05, 0) is 93.1 Å². The first-order chi connectivity index (χ1) is 17.1. The van der Waals surface area contributed by atoms with Gasteiger partial charge in [-0.2, -0.15) is 13.2 Å². The van der Waals surface area contributed by atoms with Crippen molar-refractivity contribution in [1.29, 1.82) is 0 Å². The molecule has 2 heterocycles. The number of alkyl halides is 3. The SMILES string of the molecule is Cc1ccc(CN2CCC3(CC2)CC(CC(=O)NC2CCC2)c2ccccc23)s1.O=C(O)C(F)(F)F. The summed E-state index contributed by atoms with van der Waals surface area (Å²) in [5, 5.41) is 10.4. The van der Waals surface area contributed by atoms with E-state index in [0.29, 0.717) is 18.4 Å². The summed E-state index contributed by atoms with van der Waals surface area (Å²) in [6, 6.07) is 13.9. The van der Waals surface area contributed by atoms with Crippen LogP contribution in [0.3, 0.4) is 0 Å². The van der Waals surface area contributed by atoms with Crippen LogP contribution in [0.25, 0.3) is 0 Å². The first kappa shape index (κ1) is 26.7. The average molecular weight is 523 g/mol. The predicted molar refractivity (Wildman–Crippen MR) is 133 cm³/mol. The molecule has 2 aliphatic carbocycles. The zero-order valence-electron chi connectivity index (χ0n) is 20.4. The molecule has 1 saturated heterocycles. The molecule has 1 amide bonds. The molecule has 3 aliphatic rings. The number of halogens is 3. The number of piperidine rings is 1. The van der Waals surface area contributed by atoms with Gasteiger partial charge >= 0.3 is 12.1 Å². The molecule has 5 rings (SSSR count). The van der Waals surface area contributed by atoms with Gasteiger partial charge < -0.3 is 10.4 Å². The van der Waals surface area contributed by atoms with Gasteiger partial charge in [0.15, 0.2) is 0 Å². The van der Waals surface area contributed by atoms with Crippen molar-refractivity contribution in [3.63, 3.8) is 0 Å². The molecule has 2 fully saturated rings. The van der Waals surface area contributed by atoms with Gasteiger partial charge in [0.2, 0.25) is 5.91 Å². The van der Waals surface area contributed by atoms with Gasteiger partial charge in [0.1, 0.15) is 0 Å². The highest BCUT2D eigenvalue weighted by molar-refractivity contribution is 7.11. The molecule has 1 saturated carbocycles. The molecule has 1 aliphatic heterocycles. The summed E-state index contributed by atoms with van der Waals surface area (Å²) in [7, 11) is 0. The Morgan fingerprint density at radius 3 is 2.36 bits per heavy atom. The Bertz CT molecular complexity index is 1070. The second-order valence-corrected chi connectivity index (χ2v) is 11.6. The topological polar surface area (TPSA) is 69.6 Å². The minimum absolute atomic E-state index is 0.261. The Morgan fingerprint density at radius 1 is 1.14 bits per heavy atom. The number of thiophene rings is 1.